The lowest BCUT2D eigenvalue weighted by Crippen LogP contribution is -2.33. The standard InChI is InChI=1S/C18H19N3O3/c1-18(11-12-4-6-13(7-5-12)20(2)3)15-10-14(21(23)24)8-9-16(15)19-17(18)22/h4-10H,11H2,1-3H3,(H,19,22). The van der Waals surface area contributed by atoms with Gasteiger partial charge >= 0.3 is 0 Å². The predicted octanol–water partition coefficient (Wildman–Crippen LogP) is 3.11. The fourth-order valence-electron chi connectivity index (χ4n) is 3.09. The van der Waals surface area contributed by atoms with E-state index in [0.717, 1.165) is 11.3 Å². The Morgan fingerprint density at radius 2 is 1.83 bits per heavy atom. The quantitative estimate of drug-likeness (QED) is 0.692. The van der Waals surface area contributed by atoms with Crippen molar-refractivity contribution in [1.82, 2.24) is 0 Å². The van der Waals surface area contributed by atoms with Crippen LogP contribution in [0.2, 0.25) is 0 Å². The second-order valence-corrected chi connectivity index (χ2v) is 6.51. The first kappa shape index (κ1) is 16.0. The number of hydrogen-bond donors (Lipinski definition) is 1. The molecule has 1 amide bonds. The Morgan fingerprint density at radius 3 is 2.42 bits per heavy atom. The van der Waals surface area contributed by atoms with Gasteiger partial charge < -0.3 is 10.2 Å². The number of non-ortho nitro benzene ring substituents is 1. The van der Waals surface area contributed by atoms with Gasteiger partial charge in [0.1, 0.15) is 0 Å². The van der Waals surface area contributed by atoms with Crippen LogP contribution in [-0.4, -0.2) is 24.9 Å². The minimum absolute atomic E-state index is 0.000527. The van der Waals surface area contributed by atoms with Crippen LogP contribution in [-0.2, 0) is 16.6 Å². The molecule has 0 aliphatic carbocycles. The van der Waals surface area contributed by atoms with E-state index in [9.17, 15) is 14.9 Å². The molecular formula is C18H19N3O3. The van der Waals surface area contributed by atoms with Crippen LogP contribution in [0.5, 0.6) is 0 Å². The molecule has 0 fully saturated rings. The van der Waals surface area contributed by atoms with Gasteiger partial charge in [-0.2, -0.15) is 0 Å². The van der Waals surface area contributed by atoms with Crippen molar-refractivity contribution in [2.75, 3.05) is 24.3 Å². The Kier molecular flexibility index (Phi) is 3.75. The van der Waals surface area contributed by atoms with E-state index in [0.29, 0.717) is 17.7 Å². The lowest BCUT2D eigenvalue weighted by molar-refractivity contribution is -0.384. The predicted molar refractivity (Wildman–Crippen MR) is 93.6 cm³/mol. The summed E-state index contributed by atoms with van der Waals surface area (Å²) in [5, 5.41) is 13.9. The minimum atomic E-state index is -0.818. The molecule has 2 aromatic rings. The van der Waals surface area contributed by atoms with Crippen molar-refractivity contribution in [3.63, 3.8) is 0 Å². The lowest BCUT2D eigenvalue weighted by Gasteiger charge is -2.22. The number of nitro groups is 1. The second kappa shape index (κ2) is 5.63. The van der Waals surface area contributed by atoms with Crippen LogP contribution < -0.4 is 10.2 Å². The van der Waals surface area contributed by atoms with Crippen molar-refractivity contribution in [2.24, 2.45) is 0 Å². The third kappa shape index (κ3) is 2.60. The molecule has 1 heterocycles. The van der Waals surface area contributed by atoms with E-state index in [4.69, 9.17) is 0 Å². The Labute approximate surface area is 140 Å². The van der Waals surface area contributed by atoms with Crippen LogP contribution in [0.3, 0.4) is 0 Å². The number of rotatable bonds is 4. The Hall–Kier alpha value is -2.89. The SMILES string of the molecule is CN(C)c1ccc(CC2(C)C(=O)Nc3ccc([N+](=O)[O-])cc32)cc1. The van der Waals surface area contributed by atoms with Gasteiger partial charge in [0.25, 0.3) is 5.69 Å². The zero-order chi connectivity index (χ0) is 17.5. The fraction of sp³-hybridized carbons (Fsp3) is 0.278. The van der Waals surface area contributed by atoms with Crippen LogP contribution in [0.1, 0.15) is 18.1 Å². The first-order chi connectivity index (χ1) is 11.3. The van der Waals surface area contributed by atoms with Crippen LogP contribution in [0.15, 0.2) is 42.5 Å². The number of amides is 1. The van der Waals surface area contributed by atoms with Gasteiger partial charge in [0, 0.05) is 37.6 Å². The summed E-state index contributed by atoms with van der Waals surface area (Å²) < 4.78 is 0. The van der Waals surface area contributed by atoms with Crippen LogP contribution in [0.25, 0.3) is 0 Å². The van der Waals surface area contributed by atoms with E-state index in [1.165, 1.54) is 12.1 Å². The Morgan fingerprint density at radius 1 is 1.17 bits per heavy atom. The van der Waals surface area contributed by atoms with Crippen molar-refractivity contribution in [3.05, 3.63) is 63.7 Å². The number of carbonyl (C=O) groups excluding carboxylic acids is 1. The molecule has 2 aromatic carbocycles. The van der Waals surface area contributed by atoms with Gasteiger partial charge in [-0.15, -0.1) is 0 Å². The second-order valence-electron chi connectivity index (χ2n) is 6.51. The summed E-state index contributed by atoms with van der Waals surface area (Å²) in [6.45, 7) is 1.83. The molecule has 6 heteroatoms. The molecule has 1 aliphatic heterocycles. The molecule has 1 N–H and O–H groups in total. The van der Waals surface area contributed by atoms with Gasteiger partial charge in [0.15, 0.2) is 0 Å². The van der Waals surface area contributed by atoms with Gasteiger partial charge in [-0.3, -0.25) is 14.9 Å². The Balaban J connectivity index is 1.97. The fourth-order valence-corrected chi connectivity index (χ4v) is 3.09. The summed E-state index contributed by atoms with van der Waals surface area (Å²) in [4.78, 5) is 25.1. The molecule has 1 atom stereocenters. The normalized spacial score (nSPS) is 18.9. The van der Waals surface area contributed by atoms with Crippen LogP contribution in [0, 0.1) is 10.1 Å². The van der Waals surface area contributed by atoms with E-state index < -0.39 is 10.3 Å². The molecule has 0 radical (unpaired) electrons. The number of anilines is 2. The molecule has 0 spiro atoms. The van der Waals surface area contributed by atoms with Crippen molar-refractivity contribution >= 4 is 23.0 Å². The summed E-state index contributed by atoms with van der Waals surface area (Å²) in [6.07, 6.45) is 0.487. The van der Waals surface area contributed by atoms with Crippen molar-refractivity contribution in [3.8, 4) is 0 Å². The van der Waals surface area contributed by atoms with Crippen molar-refractivity contribution < 1.29 is 9.72 Å². The summed E-state index contributed by atoms with van der Waals surface area (Å²) in [6, 6.07) is 12.5. The van der Waals surface area contributed by atoms with E-state index in [2.05, 4.69) is 5.32 Å². The number of benzene rings is 2. The summed E-state index contributed by atoms with van der Waals surface area (Å²) in [5.41, 5.74) is 2.60. The molecule has 0 aromatic heterocycles. The van der Waals surface area contributed by atoms with Crippen LogP contribution in [0.4, 0.5) is 17.1 Å². The van der Waals surface area contributed by atoms with E-state index in [1.807, 2.05) is 50.2 Å². The number of carbonyl (C=O) groups is 1. The molecule has 6 nitrogen and oxygen atoms in total. The van der Waals surface area contributed by atoms with Crippen molar-refractivity contribution in [1.29, 1.82) is 0 Å². The lowest BCUT2D eigenvalue weighted by atomic mass is 9.78. The average Bonchev–Trinajstić information content (AvgIpc) is 2.78. The molecule has 0 saturated carbocycles. The monoisotopic (exact) mass is 325 g/mol. The highest BCUT2D eigenvalue weighted by atomic mass is 16.6. The molecule has 3 rings (SSSR count). The van der Waals surface area contributed by atoms with Gasteiger partial charge in [-0.05, 0) is 42.7 Å². The Bertz CT molecular complexity index is 815. The molecule has 0 saturated heterocycles. The molecule has 0 bridgehead atoms. The van der Waals surface area contributed by atoms with Gasteiger partial charge in [-0.1, -0.05) is 12.1 Å². The largest absolute Gasteiger partial charge is 0.378 e. The zero-order valence-electron chi connectivity index (χ0n) is 13.9. The molecule has 124 valence electrons. The highest BCUT2D eigenvalue weighted by molar-refractivity contribution is 6.06. The zero-order valence-corrected chi connectivity index (χ0v) is 13.9. The third-order valence-corrected chi connectivity index (χ3v) is 4.57. The minimum Gasteiger partial charge on any atom is -0.378 e. The maximum Gasteiger partial charge on any atom is 0.269 e. The number of fused-ring (bicyclic) bond motifs is 1. The van der Waals surface area contributed by atoms with Crippen LogP contribution >= 0.6 is 0 Å². The van der Waals surface area contributed by atoms with Crippen molar-refractivity contribution in [2.45, 2.75) is 18.8 Å². The highest BCUT2D eigenvalue weighted by Crippen LogP contribution is 2.41. The smallest absolute Gasteiger partial charge is 0.269 e. The first-order valence-electron chi connectivity index (χ1n) is 7.68. The van der Waals surface area contributed by atoms with Gasteiger partial charge in [0.05, 0.1) is 10.3 Å². The molecule has 24 heavy (non-hydrogen) atoms. The number of nitrogens with one attached hydrogen (secondary N) is 1. The third-order valence-electron chi connectivity index (χ3n) is 4.57. The summed E-state index contributed by atoms with van der Waals surface area (Å²) >= 11 is 0. The maximum absolute atomic E-state index is 12.5. The number of hydrogen-bond acceptors (Lipinski definition) is 4. The molecule has 1 aliphatic rings. The molecular weight excluding hydrogens is 306 g/mol. The van der Waals surface area contributed by atoms with Gasteiger partial charge in [0.2, 0.25) is 5.91 Å². The number of nitrogens with zero attached hydrogens (tertiary/aromatic N) is 2. The highest BCUT2D eigenvalue weighted by Gasteiger charge is 2.43. The average molecular weight is 325 g/mol. The van der Waals surface area contributed by atoms with E-state index in [1.54, 1.807) is 6.07 Å². The maximum atomic E-state index is 12.5. The van der Waals surface area contributed by atoms with E-state index in [-0.39, 0.29) is 11.6 Å². The number of nitro benzene ring substituents is 1. The summed E-state index contributed by atoms with van der Waals surface area (Å²) in [5.74, 6) is -0.130. The molecule has 1 unspecified atom stereocenters. The van der Waals surface area contributed by atoms with Gasteiger partial charge in [-0.25, -0.2) is 0 Å². The van der Waals surface area contributed by atoms with E-state index >= 15 is 0 Å². The topological polar surface area (TPSA) is 75.5 Å². The first-order valence-corrected chi connectivity index (χ1v) is 7.68. The summed E-state index contributed by atoms with van der Waals surface area (Å²) in [7, 11) is 3.94.